The first-order valence-electron chi connectivity index (χ1n) is 1.88. The number of rotatable bonds is 0. The predicted molar refractivity (Wildman–Crippen MR) is 30.2 cm³/mol. The van der Waals surface area contributed by atoms with E-state index in [4.69, 9.17) is 0 Å². The van der Waals surface area contributed by atoms with E-state index < -0.39 is 0 Å². The predicted octanol–water partition coefficient (Wildman–Crippen LogP) is -0.827. The molecule has 2 heteroatoms. The normalized spacial score (nSPS) is 7.57. The quantitative estimate of drug-likeness (QED) is 0.379. The van der Waals surface area contributed by atoms with Crippen LogP contribution in [0.25, 0.3) is 0 Å². The zero-order chi connectivity index (χ0) is 4.41. The molecular formula is C5H7LiS. The van der Waals surface area contributed by atoms with Crippen LogP contribution in [-0.2, 0) is 0 Å². The summed E-state index contributed by atoms with van der Waals surface area (Å²) in [5.41, 5.74) is 1.36. The Labute approximate surface area is 61.2 Å². The summed E-state index contributed by atoms with van der Waals surface area (Å²) in [6.45, 7) is 2.09. The molecule has 0 aliphatic rings. The van der Waals surface area contributed by atoms with Crippen LogP contribution in [0.2, 0.25) is 0 Å². The van der Waals surface area contributed by atoms with Crippen molar-refractivity contribution in [2.75, 3.05) is 0 Å². The molecule has 0 bridgehead atoms. The molecule has 0 saturated heterocycles. The summed E-state index contributed by atoms with van der Waals surface area (Å²) in [6.07, 6.45) is 0. The molecule has 1 aromatic heterocycles. The average molecular weight is 106 g/mol. The maximum atomic E-state index is 2.12. The first-order valence-corrected chi connectivity index (χ1v) is 2.82. The van der Waals surface area contributed by atoms with Crippen LogP contribution in [0, 0.1) is 6.92 Å². The van der Waals surface area contributed by atoms with Crippen molar-refractivity contribution in [2.45, 2.75) is 6.92 Å². The van der Waals surface area contributed by atoms with E-state index in [0.29, 0.717) is 0 Å². The van der Waals surface area contributed by atoms with Crippen molar-refractivity contribution in [2.24, 2.45) is 0 Å². The third kappa shape index (κ3) is 2.18. The molecule has 0 atom stereocenters. The molecule has 0 radical (unpaired) electrons. The molecule has 1 aromatic rings. The van der Waals surface area contributed by atoms with E-state index in [9.17, 15) is 0 Å². The standard InChI is InChI=1S/C5H6S.Li.H/c1-5-2-3-6-4-5;;/h2-4H,1H3;;/q;+1;-1. The van der Waals surface area contributed by atoms with Crippen LogP contribution in [-0.4, -0.2) is 0 Å². The Bertz CT molecular complexity index is 116. The van der Waals surface area contributed by atoms with Crippen LogP contribution in [0.3, 0.4) is 0 Å². The molecule has 0 aromatic carbocycles. The first kappa shape index (κ1) is 7.30. The van der Waals surface area contributed by atoms with Crippen molar-refractivity contribution in [1.82, 2.24) is 0 Å². The molecule has 0 amide bonds. The van der Waals surface area contributed by atoms with Gasteiger partial charge in [0.25, 0.3) is 0 Å². The first-order chi connectivity index (χ1) is 2.89. The molecule has 34 valence electrons. The Morgan fingerprint density at radius 2 is 2.43 bits per heavy atom. The zero-order valence-corrected chi connectivity index (χ0v) is 5.46. The van der Waals surface area contributed by atoms with Gasteiger partial charge >= 0.3 is 18.9 Å². The van der Waals surface area contributed by atoms with Crippen molar-refractivity contribution in [3.8, 4) is 0 Å². The molecule has 0 saturated carbocycles. The van der Waals surface area contributed by atoms with E-state index in [2.05, 4.69) is 23.8 Å². The molecule has 0 aliphatic carbocycles. The molecule has 0 aliphatic heterocycles. The smallest absolute Gasteiger partial charge is 1.00 e. The molecule has 0 spiro atoms. The zero-order valence-electron chi connectivity index (χ0n) is 5.64. The fourth-order valence-electron chi connectivity index (χ4n) is 0.333. The van der Waals surface area contributed by atoms with Gasteiger partial charge in [0.15, 0.2) is 0 Å². The molecule has 0 unspecified atom stereocenters. The number of thiophene rings is 1. The van der Waals surface area contributed by atoms with Gasteiger partial charge in [0, 0.05) is 0 Å². The van der Waals surface area contributed by atoms with Gasteiger partial charge in [-0.15, -0.1) is 0 Å². The molecule has 1 heterocycles. The van der Waals surface area contributed by atoms with Gasteiger partial charge in [0.2, 0.25) is 0 Å². The molecule has 0 N–H and O–H groups in total. The topological polar surface area (TPSA) is 0 Å². The third-order valence-electron chi connectivity index (χ3n) is 0.663. The van der Waals surface area contributed by atoms with Crippen molar-refractivity contribution >= 4 is 11.3 Å². The van der Waals surface area contributed by atoms with Crippen LogP contribution in [0.4, 0.5) is 0 Å². The Hall–Kier alpha value is 0.297. The Morgan fingerprint density at radius 3 is 2.57 bits per heavy atom. The van der Waals surface area contributed by atoms with Crippen LogP contribution >= 0.6 is 11.3 Å². The minimum absolute atomic E-state index is 0. The van der Waals surface area contributed by atoms with Crippen molar-refractivity contribution < 1.29 is 20.3 Å². The fourth-order valence-corrected chi connectivity index (χ4v) is 0.998. The fraction of sp³-hybridized carbons (Fsp3) is 0.200. The van der Waals surface area contributed by atoms with Crippen molar-refractivity contribution in [3.63, 3.8) is 0 Å². The largest absolute Gasteiger partial charge is 1.00 e. The van der Waals surface area contributed by atoms with Gasteiger partial charge in [-0.2, -0.15) is 11.3 Å². The summed E-state index contributed by atoms with van der Waals surface area (Å²) >= 11 is 1.74. The number of hydrogen-bond donors (Lipinski definition) is 0. The molecule has 1 rings (SSSR count). The second-order valence-corrected chi connectivity index (χ2v) is 2.08. The third-order valence-corrected chi connectivity index (χ3v) is 1.46. The average Bonchev–Trinajstić information content (AvgIpc) is 1.86. The molecule has 0 nitrogen and oxygen atoms in total. The van der Waals surface area contributed by atoms with E-state index in [-0.39, 0.29) is 20.3 Å². The summed E-state index contributed by atoms with van der Waals surface area (Å²) in [7, 11) is 0. The van der Waals surface area contributed by atoms with Crippen LogP contribution in [0.15, 0.2) is 16.8 Å². The van der Waals surface area contributed by atoms with E-state index in [1.807, 2.05) is 0 Å². The van der Waals surface area contributed by atoms with Crippen molar-refractivity contribution in [1.29, 1.82) is 0 Å². The van der Waals surface area contributed by atoms with Crippen LogP contribution < -0.4 is 18.9 Å². The Morgan fingerprint density at radius 1 is 1.71 bits per heavy atom. The van der Waals surface area contributed by atoms with Gasteiger partial charge in [-0.3, -0.25) is 0 Å². The van der Waals surface area contributed by atoms with Crippen LogP contribution in [0.1, 0.15) is 6.99 Å². The van der Waals surface area contributed by atoms with Gasteiger partial charge in [-0.25, -0.2) is 0 Å². The minimum atomic E-state index is 0. The molecular weight excluding hydrogens is 99.1 g/mol. The van der Waals surface area contributed by atoms with Crippen molar-refractivity contribution in [3.05, 3.63) is 22.4 Å². The van der Waals surface area contributed by atoms with Gasteiger partial charge in [0.05, 0.1) is 0 Å². The minimum Gasteiger partial charge on any atom is -1.00 e. The summed E-state index contributed by atoms with van der Waals surface area (Å²) < 4.78 is 0. The summed E-state index contributed by atoms with van der Waals surface area (Å²) in [5.74, 6) is 0. The Balaban J connectivity index is 0. The van der Waals surface area contributed by atoms with Crippen LogP contribution in [0.5, 0.6) is 0 Å². The summed E-state index contributed by atoms with van der Waals surface area (Å²) in [6, 6.07) is 2.10. The van der Waals surface area contributed by atoms with Gasteiger partial charge in [-0.05, 0) is 29.3 Å². The SMILES string of the molecule is Cc1ccsc1.[H-].[Li+]. The second-order valence-electron chi connectivity index (χ2n) is 1.30. The van der Waals surface area contributed by atoms with Gasteiger partial charge in [-0.1, -0.05) is 0 Å². The number of hydrogen-bond acceptors (Lipinski definition) is 1. The summed E-state index contributed by atoms with van der Waals surface area (Å²) in [4.78, 5) is 0. The molecule has 0 fully saturated rings. The summed E-state index contributed by atoms with van der Waals surface area (Å²) in [5, 5.41) is 4.20. The monoisotopic (exact) mass is 106 g/mol. The van der Waals surface area contributed by atoms with E-state index in [0.717, 1.165) is 0 Å². The maximum absolute atomic E-state index is 2.12. The van der Waals surface area contributed by atoms with E-state index in [1.165, 1.54) is 5.56 Å². The molecule has 7 heavy (non-hydrogen) atoms. The van der Waals surface area contributed by atoms with Gasteiger partial charge < -0.3 is 1.43 Å². The number of aryl methyl sites for hydroxylation is 1. The van der Waals surface area contributed by atoms with Gasteiger partial charge in [0.1, 0.15) is 0 Å². The maximum Gasteiger partial charge on any atom is 1.00 e. The van der Waals surface area contributed by atoms with E-state index >= 15 is 0 Å². The Kier molecular flexibility index (Phi) is 3.46. The second kappa shape index (κ2) is 3.32. The van der Waals surface area contributed by atoms with E-state index in [1.54, 1.807) is 11.3 Å².